The summed E-state index contributed by atoms with van der Waals surface area (Å²) in [6, 6.07) is 18.2. The number of halogens is 1. The summed E-state index contributed by atoms with van der Waals surface area (Å²) in [5, 5.41) is 4.37. The lowest BCUT2D eigenvalue weighted by Gasteiger charge is -2.11. The molecule has 0 spiro atoms. The van der Waals surface area contributed by atoms with Gasteiger partial charge in [0, 0.05) is 37.0 Å². The lowest BCUT2D eigenvalue weighted by atomic mass is 10.2. The van der Waals surface area contributed by atoms with Gasteiger partial charge in [0.25, 0.3) is 15.9 Å². The van der Waals surface area contributed by atoms with Crippen molar-refractivity contribution in [2.75, 3.05) is 32.8 Å². The maximum absolute atomic E-state index is 13.1. The van der Waals surface area contributed by atoms with Crippen molar-refractivity contribution in [1.82, 2.24) is 9.29 Å². The van der Waals surface area contributed by atoms with Gasteiger partial charge in [-0.25, -0.2) is 13.1 Å². The third-order valence-electron chi connectivity index (χ3n) is 5.64. The third-order valence-corrected chi connectivity index (χ3v) is 7.30. The first-order chi connectivity index (χ1) is 17.7. The fourth-order valence-electron chi connectivity index (χ4n) is 3.80. The van der Waals surface area contributed by atoms with Gasteiger partial charge >= 0.3 is 0 Å². The van der Waals surface area contributed by atoms with Crippen molar-refractivity contribution in [2.45, 2.75) is 4.90 Å². The highest BCUT2D eigenvalue weighted by atomic mass is 35.5. The van der Waals surface area contributed by atoms with Crippen LogP contribution in [0.25, 0.3) is 10.9 Å². The minimum atomic E-state index is -4.14. The maximum Gasteiger partial charge on any atom is 0.281 e. The van der Waals surface area contributed by atoms with Gasteiger partial charge in [-0.15, -0.1) is 0 Å². The van der Waals surface area contributed by atoms with Crippen LogP contribution in [-0.4, -0.2) is 46.3 Å². The summed E-state index contributed by atoms with van der Waals surface area (Å²) in [6.07, 6.45) is 0. The molecule has 9 nitrogen and oxygen atoms in total. The lowest BCUT2D eigenvalue weighted by Crippen LogP contribution is -2.31. The average Bonchev–Trinajstić information content (AvgIpc) is 3.24. The van der Waals surface area contributed by atoms with Gasteiger partial charge in [0.2, 0.25) is 0 Å². The van der Waals surface area contributed by atoms with Crippen molar-refractivity contribution in [1.29, 1.82) is 0 Å². The molecule has 0 atom stereocenters. The Balaban J connectivity index is 1.60. The molecule has 0 aliphatic heterocycles. The summed E-state index contributed by atoms with van der Waals surface area (Å²) in [7, 11) is 0.657. The van der Waals surface area contributed by atoms with Gasteiger partial charge < -0.3 is 24.1 Å². The predicted molar refractivity (Wildman–Crippen MR) is 143 cm³/mol. The maximum atomic E-state index is 13.1. The van der Waals surface area contributed by atoms with Crippen molar-refractivity contribution in [2.24, 2.45) is 7.05 Å². The van der Waals surface area contributed by atoms with E-state index in [9.17, 15) is 13.2 Å². The number of methoxy groups -OCH3 is 2. The first-order valence-corrected chi connectivity index (χ1v) is 13.1. The first kappa shape index (κ1) is 26.3. The molecule has 0 saturated heterocycles. The number of carbonyl (C=O) groups excluding carboxylic acids is 1. The topological polar surface area (TPSA) is 108 Å². The highest BCUT2D eigenvalue weighted by Gasteiger charge is 2.23. The number of hydrogen-bond acceptors (Lipinski definition) is 7. The van der Waals surface area contributed by atoms with Crippen LogP contribution >= 0.6 is 11.6 Å². The van der Waals surface area contributed by atoms with Crippen molar-refractivity contribution in [3.05, 3.63) is 77.4 Å². The number of nitrogens with zero attached hydrogens (tertiary/aromatic N) is 1. The largest absolute Gasteiger partial charge is 0.497 e. The Morgan fingerprint density at radius 3 is 2.43 bits per heavy atom. The van der Waals surface area contributed by atoms with Crippen LogP contribution in [0.15, 0.2) is 71.6 Å². The molecule has 1 amide bonds. The summed E-state index contributed by atoms with van der Waals surface area (Å²) in [5.74, 6) is 0.382. The number of aryl methyl sites for hydroxylation is 1. The molecule has 2 N–H and O–H groups in total. The molecule has 0 radical (unpaired) electrons. The van der Waals surface area contributed by atoms with E-state index in [1.165, 1.54) is 24.3 Å². The van der Waals surface area contributed by atoms with E-state index < -0.39 is 15.9 Å². The number of sulfonamides is 1. The molecule has 37 heavy (non-hydrogen) atoms. The average molecular weight is 544 g/mol. The van der Waals surface area contributed by atoms with Gasteiger partial charge in [-0.1, -0.05) is 17.7 Å². The first-order valence-electron chi connectivity index (χ1n) is 11.2. The van der Waals surface area contributed by atoms with E-state index in [-0.39, 0.29) is 10.6 Å². The fourth-order valence-corrected chi connectivity index (χ4v) is 5.05. The van der Waals surface area contributed by atoms with Crippen LogP contribution in [0.2, 0.25) is 5.02 Å². The van der Waals surface area contributed by atoms with E-state index in [4.69, 9.17) is 25.8 Å². The van der Waals surface area contributed by atoms with Gasteiger partial charge in [-0.3, -0.25) is 4.79 Å². The van der Waals surface area contributed by atoms with E-state index >= 15 is 0 Å². The van der Waals surface area contributed by atoms with E-state index in [1.807, 2.05) is 24.3 Å². The van der Waals surface area contributed by atoms with E-state index in [0.717, 1.165) is 5.69 Å². The van der Waals surface area contributed by atoms with Gasteiger partial charge in [-0.05, 0) is 54.6 Å². The van der Waals surface area contributed by atoms with E-state index in [1.54, 1.807) is 44.0 Å². The molecule has 11 heteroatoms. The van der Waals surface area contributed by atoms with Crippen LogP contribution in [-0.2, 0) is 21.8 Å². The zero-order chi connectivity index (χ0) is 26.6. The minimum Gasteiger partial charge on any atom is -0.497 e. The Labute approximate surface area is 220 Å². The number of aromatic nitrogens is 1. The summed E-state index contributed by atoms with van der Waals surface area (Å²) >= 11 is 6.45. The standard InChI is InChI=1S/C26H26ClN3O6S/c1-30-24(26(31)29-37(32,33)20-9-7-18(8-10-20)36-14-13-34-2)16-21-23(12-11-22(27)25(21)30)28-17-5-4-6-19(15-17)35-3/h4-12,15-16,28H,13-14H2,1-3H3,(H,29,31). The zero-order valence-electron chi connectivity index (χ0n) is 20.4. The molecule has 4 rings (SSSR count). The van der Waals surface area contributed by atoms with Crippen LogP contribution in [0.1, 0.15) is 10.5 Å². The molecule has 1 heterocycles. The molecule has 0 aliphatic rings. The van der Waals surface area contributed by atoms with Gasteiger partial charge in [-0.2, -0.15) is 0 Å². The fraction of sp³-hybridized carbons (Fsp3) is 0.192. The molecule has 194 valence electrons. The molecule has 1 aromatic heterocycles. The Morgan fingerprint density at radius 2 is 1.73 bits per heavy atom. The van der Waals surface area contributed by atoms with Crippen LogP contribution in [0.4, 0.5) is 11.4 Å². The van der Waals surface area contributed by atoms with Crippen molar-refractivity contribution in [3.63, 3.8) is 0 Å². The molecule has 0 saturated carbocycles. The Hall–Kier alpha value is -3.73. The summed E-state index contributed by atoms with van der Waals surface area (Å²) in [5.41, 5.74) is 2.17. The zero-order valence-corrected chi connectivity index (χ0v) is 22.0. The van der Waals surface area contributed by atoms with Gasteiger partial charge in [0.15, 0.2) is 0 Å². The van der Waals surface area contributed by atoms with E-state index in [0.29, 0.717) is 46.3 Å². The number of carbonyl (C=O) groups is 1. The molecular formula is C26H26ClN3O6S. The van der Waals surface area contributed by atoms with Crippen molar-refractivity contribution < 1.29 is 27.4 Å². The molecule has 3 aromatic carbocycles. The summed E-state index contributed by atoms with van der Waals surface area (Å²) < 4.78 is 45.2. The van der Waals surface area contributed by atoms with Crippen molar-refractivity contribution in [3.8, 4) is 11.5 Å². The Bertz CT molecular complexity index is 1530. The summed E-state index contributed by atoms with van der Waals surface area (Å²) in [4.78, 5) is 13.0. The SMILES string of the molecule is COCCOc1ccc(S(=O)(=O)NC(=O)c2cc3c(Nc4cccc(OC)c4)ccc(Cl)c3n2C)cc1. The molecule has 0 aliphatic carbocycles. The second kappa shape index (κ2) is 11.1. The van der Waals surface area contributed by atoms with Crippen LogP contribution in [0.5, 0.6) is 11.5 Å². The number of benzene rings is 3. The Kier molecular flexibility index (Phi) is 7.91. The van der Waals surface area contributed by atoms with E-state index in [2.05, 4.69) is 10.0 Å². The monoisotopic (exact) mass is 543 g/mol. The van der Waals surface area contributed by atoms with Gasteiger partial charge in [0.05, 0.1) is 29.2 Å². The van der Waals surface area contributed by atoms with Crippen LogP contribution < -0.4 is 19.5 Å². The second-order valence-corrected chi connectivity index (χ2v) is 10.1. The van der Waals surface area contributed by atoms with Crippen LogP contribution in [0.3, 0.4) is 0 Å². The number of rotatable bonds is 10. The minimum absolute atomic E-state index is 0.0721. The van der Waals surface area contributed by atoms with Crippen LogP contribution in [0, 0.1) is 0 Å². The number of ether oxygens (including phenoxy) is 3. The number of anilines is 2. The smallest absolute Gasteiger partial charge is 0.281 e. The number of fused-ring (bicyclic) bond motifs is 1. The number of amides is 1. The molecule has 0 fully saturated rings. The summed E-state index contributed by atoms with van der Waals surface area (Å²) in [6.45, 7) is 0.736. The highest BCUT2D eigenvalue weighted by molar-refractivity contribution is 7.90. The predicted octanol–water partition coefficient (Wildman–Crippen LogP) is 4.73. The quantitative estimate of drug-likeness (QED) is 0.278. The molecule has 0 bridgehead atoms. The Morgan fingerprint density at radius 1 is 0.973 bits per heavy atom. The van der Waals surface area contributed by atoms with Crippen molar-refractivity contribution >= 4 is 49.8 Å². The number of nitrogens with one attached hydrogen (secondary N) is 2. The van der Waals surface area contributed by atoms with Gasteiger partial charge in [0.1, 0.15) is 23.8 Å². The molecule has 0 unspecified atom stereocenters. The third kappa shape index (κ3) is 5.82. The molecule has 4 aromatic rings. The normalized spacial score (nSPS) is 11.4. The second-order valence-electron chi connectivity index (χ2n) is 8.05. The number of hydrogen-bond donors (Lipinski definition) is 2. The highest BCUT2D eigenvalue weighted by Crippen LogP contribution is 2.34. The molecular weight excluding hydrogens is 518 g/mol. The lowest BCUT2D eigenvalue weighted by molar-refractivity contribution is 0.0974.